The Hall–Kier alpha value is -1.93. The molecular formula is C15H15BrN4O2S. The minimum absolute atomic E-state index is 0.356. The number of aromatic amines is 1. The topological polar surface area (TPSA) is 87.7 Å². The summed E-state index contributed by atoms with van der Waals surface area (Å²) in [6.07, 6.45) is 2.70. The van der Waals surface area contributed by atoms with E-state index in [1.807, 2.05) is 18.2 Å². The summed E-state index contributed by atoms with van der Waals surface area (Å²) < 4.78 is 24.4. The molecule has 0 aliphatic carbocycles. The molecule has 0 aliphatic rings. The molecule has 0 saturated heterocycles. The van der Waals surface area contributed by atoms with E-state index >= 15 is 0 Å². The van der Waals surface area contributed by atoms with Gasteiger partial charge in [0.2, 0.25) is 0 Å². The van der Waals surface area contributed by atoms with E-state index in [0.717, 1.165) is 26.8 Å². The number of fused-ring (bicyclic) bond motifs is 1. The second kappa shape index (κ2) is 5.93. The zero-order valence-electron chi connectivity index (χ0n) is 12.6. The van der Waals surface area contributed by atoms with E-state index in [0.29, 0.717) is 17.3 Å². The van der Waals surface area contributed by atoms with E-state index in [9.17, 15) is 8.42 Å². The van der Waals surface area contributed by atoms with Gasteiger partial charge in [0.25, 0.3) is 0 Å². The molecule has 0 radical (unpaired) electrons. The van der Waals surface area contributed by atoms with E-state index < -0.39 is 9.84 Å². The predicted octanol–water partition coefficient (Wildman–Crippen LogP) is 3.04. The van der Waals surface area contributed by atoms with E-state index in [1.165, 1.54) is 12.6 Å². The predicted molar refractivity (Wildman–Crippen MR) is 93.2 cm³/mol. The van der Waals surface area contributed by atoms with Gasteiger partial charge in [0.1, 0.15) is 17.8 Å². The zero-order valence-corrected chi connectivity index (χ0v) is 15.0. The summed E-state index contributed by atoms with van der Waals surface area (Å²) in [5.41, 5.74) is 2.35. The molecule has 1 aromatic carbocycles. The molecule has 0 amide bonds. The van der Waals surface area contributed by atoms with E-state index in [-0.39, 0.29) is 0 Å². The molecule has 0 fully saturated rings. The molecule has 3 rings (SSSR count). The second-order valence-electron chi connectivity index (χ2n) is 5.33. The Labute approximate surface area is 142 Å². The minimum atomic E-state index is -3.23. The number of sulfone groups is 1. The summed E-state index contributed by atoms with van der Waals surface area (Å²) >= 11 is 3.38. The summed E-state index contributed by atoms with van der Waals surface area (Å²) in [6.45, 7) is 2.26. The van der Waals surface area contributed by atoms with Gasteiger partial charge in [-0.1, -0.05) is 12.1 Å². The molecule has 2 aromatic heterocycles. The van der Waals surface area contributed by atoms with Crippen molar-refractivity contribution in [3.8, 4) is 0 Å². The first-order valence-corrected chi connectivity index (χ1v) is 9.56. The second-order valence-corrected chi connectivity index (χ2v) is 8.17. The van der Waals surface area contributed by atoms with Gasteiger partial charge in [0, 0.05) is 12.8 Å². The lowest BCUT2D eigenvalue weighted by Crippen LogP contribution is -2.05. The lowest BCUT2D eigenvalue weighted by atomic mass is 10.1. The molecule has 0 spiro atoms. The smallest absolute Gasteiger partial charge is 0.175 e. The van der Waals surface area contributed by atoms with Gasteiger partial charge in [-0.25, -0.2) is 18.4 Å². The maximum atomic E-state index is 11.8. The summed E-state index contributed by atoms with van der Waals surface area (Å²) in [5.74, 6) is 0.693. The Morgan fingerprint density at radius 3 is 2.78 bits per heavy atom. The van der Waals surface area contributed by atoms with Crippen LogP contribution in [0.25, 0.3) is 11.0 Å². The lowest BCUT2D eigenvalue weighted by Gasteiger charge is -2.09. The molecule has 2 heterocycles. The third kappa shape index (κ3) is 3.37. The Morgan fingerprint density at radius 2 is 2.04 bits per heavy atom. The maximum Gasteiger partial charge on any atom is 0.175 e. The molecule has 3 aromatic rings. The highest BCUT2D eigenvalue weighted by atomic mass is 79.9. The summed E-state index contributed by atoms with van der Waals surface area (Å²) in [5, 5.41) is 4.10. The average molecular weight is 395 g/mol. The molecule has 6 nitrogen and oxygen atoms in total. The van der Waals surface area contributed by atoms with Crippen LogP contribution in [0.5, 0.6) is 0 Å². The van der Waals surface area contributed by atoms with E-state index in [4.69, 9.17) is 0 Å². The summed E-state index contributed by atoms with van der Waals surface area (Å²) in [7, 11) is -3.23. The SMILES string of the molecule is Cc1ccc(CNc2ncnc3[nH]c(Br)cc23)cc1S(C)(=O)=O. The number of nitrogens with one attached hydrogen (secondary N) is 2. The minimum Gasteiger partial charge on any atom is -0.365 e. The molecule has 23 heavy (non-hydrogen) atoms. The van der Waals surface area contributed by atoms with Crippen LogP contribution in [-0.2, 0) is 16.4 Å². The van der Waals surface area contributed by atoms with Crippen molar-refractivity contribution in [1.29, 1.82) is 0 Å². The monoisotopic (exact) mass is 394 g/mol. The van der Waals surface area contributed by atoms with Gasteiger partial charge in [0.05, 0.1) is 14.9 Å². The van der Waals surface area contributed by atoms with Crippen LogP contribution in [0, 0.1) is 6.92 Å². The van der Waals surface area contributed by atoms with Crippen molar-refractivity contribution in [2.24, 2.45) is 0 Å². The highest BCUT2D eigenvalue weighted by Crippen LogP contribution is 2.24. The molecule has 8 heteroatoms. The van der Waals surface area contributed by atoms with Crippen molar-refractivity contribution >= 4 is 42.6 Å². The summed E-state index contributed by atoms with van der Waals surface area (Å²) in [4.78, 5) is 11.8. The number of rotatable bonds is 4. The highest BCUT2D eigenvalue weighted by Gasteiger charge is 2.12. The molecule has 0 atom stereocenters. The maximum absolute atomic E-state index is 11.8. The van der Waals surface area contributed by atoms with Crippen LogP contribution in [0.3, 0.4) is 0 Å². The van der Waals surface area contributed by atoms with Crippen LogP contribution >= 0.6 is 15.9 Å². The first-order valence-electron chi connectivity index (χ1n) is 6.87. The molecule has 0 aliphatic heterocycles. The molecule has 120 valence electrons. The highest BCUT2D eigenvalue weighted by molar-refractivity contribution is 9.10. The largest absolute Gasteiger partial charge is 0.365 e. The number of hydrogen-bond acceptors (Lipinski definition) is 5. The fourth-order valence-electron chi connectivity index (χ4n) is 2.39. The lowest BCUT2D eigenvalue weighted by molar-refractivity contribution is 0.601. The van der Waals surface area contributed by atoms with Crippen molar-refractivity contribution in [3.63, 3.8) is 0 Å². The Morgan fingerprint density at radius 1 is 1.26 bits per heavy atom. The normalized spacial score (nSPS) is 11.8. The first kappa shape index (κ1) is 15.9. The third-order valence-electron chi connectivity index (χ3n) is 3.50. The quantitative estimate of drug-likeness (QED) is 0.709. The van der Waals surface area contributed by atoms with E-state index in [1.54, 1.807) is 13.0 Å². The van der Waals surface area contributed by atoms with Crippen LogP contribution in [-0.4, -0.2) is 29.6 Å². The van der Waals surface area contributed by atoms with Crippen molar-refractivity contribution in [3.05, 3.63) is 46.3 Å². The standard InChI is InChI=1S/C15H15BrN4O2S/c1-9-3-4-10(5-12(9)23(2,21)22)7-17-14-11-6-13(16)20-15(11)19-8-18-14/h3-6,8H,7H2,1-2H3,(H2,17,18,19,20). The Bertz CT molecular complexity index is 982. The van der Waals surface area contributed by atoms with Crippen LogP contribution in [0.2, 0.25) is 0 Å². The zero-order chi connectivity index (χ0) is 16.6. The number of anilines is 1. The number of halogens is 1. The van der Waals surface area contributed by atoms with Crippen molar-refractivity contribution in [2.75, 3.05) is 11.6 Å². The molecular weight excluding hydrogens is 380 g/mol. The Kier molecular flexibility index (Phi) is 4.11. The van der Waals surface area contributed by atoms with Crippen molar-refractivity contribution in [2.45, 2.75) is 18.4 Å². The van der Waals surface area contributed by atoms with Gasteiger partial charge in [-0.05, 0) is 46.1 Å². The Balaban J connectivity index is 1.88. The van der Waals surface area contributed by atoms with Crippen molar-refractivity contribution < 1.29 is 8.42 Å². The number of nitrogens with zero attached hydrogens (tertiary/aromatic N) is 2. The van der Waals surface area contributed by atoms with Gasteiger partial charge in [-0.2, -0.15) is 0 Å². The van der Waals surface area contributed by atoms with Gasteiger partial charge >= 0.3 is 0 Å². The third-order valence-corrected chi connectivity index (χ3v) is 5.17. The van der Waals surface area contributed by atoms with Crippen LogP contribution < -0.4 is 5.32 Å². The summed E-state index contributed by atoms with van der Waals surface area (Å²) in [6, 6.07) is 7.32. The van der Waals surface area contributed by atoms with Crippen LogP contribution in [0.15, 0.2) is 40.1 Å². The molecule has 0 saturated carbocycles. The number of hydrogen-bond donors (Lipinski definition) is 2. The number of benzene rings is 1. The fourth-order valence-corrected chi connectivity index (χ4v) is 3.82. The van der Waals surface area contributed by atoms with Gasteiger partial charge in [-0.3, -0.25) is 0 Å². The van der Waals surface area contributed by atoms with E-state index in [2.05, 4.69) is 36.2 Å². The van der Waals surface area contributed by atoms with Crippen LogP contribution in [0.4, 0.5) is 5.82 Å². The van der Waals surface area contributed by atoms with Crippen molar-refractivity contribution in [1.82, 2.24) is 15.0 Å². The number of H-pyrrole nitrogens is 1. The number of aromatic nitrogens is 3. The first-order chi connectivity index (χ1) is 10.8. The van der Waals surface area contributed by atoms with Crippen LogP contribution in [0.1, 0.15) is 11.1 Å². The van der Waals surface area contributed by atoms with Gasteiger partial charge in [0.15, 0.2) is 9.84 Å². The molecule has 0 unspecified atom stereocenters. The van der Waals surface area contributed by atoms with Gasteiger partial charge < -0.3 is 10.3 Å². The molecule has 0 bridgehead atoms. The fraction of sp³-hybridized carbons (Fsp3) is 0.200. The van der Waals surface area contributed by atoms with Gasteiger partial charge in [-0.15, -0.1) is 0 Å². The number of aryl methyl sites for hydroxylation is 1. The molecule has 2 N–H and O–H groups in total. The average Bonchev–Trinajstić information content (AvgIpc) is 2.86.